The summed E-state index contributed by atoms with van der Waals surface area (Å²) in [6, 6.07) is 3.29. The number of hydrogen-bond acceptors (Lipinski definition) is 4. The Morgan fingerprint density at radius 3 is 3.00 bits per heavy atom. The number of halogens is 2. The number of carbonyl (C=O) groups is 2. The number of fused-ring (bicyclic) bond motifs is 1. The first kappa shape index (κ1) is 14.1. The van der Waals surface area contributed by atoms with Crippen LogP contribution in [-0.4, -0.2) is 25.1 Å². The number of carbonyl (C=O) groups excluding carboxylic acids is 2. The van der Waals surface area contributed by atoms with Crippen molar-refractivity contribution < 1.29 is 19.1 Å². The topological polar surface area (TPSA) is 64.6 Å². The van der Waals surface area contributed by atoms with Crippen LogP contribution in [0.3, 0.4) is 0 Å². The van der Waals surface area contributed by atoms with Crippen LogP contribution in [0.4, 0.5) is 5.69 Å². The van der Waals surface area contributed by atoms with Crippen LogP contribution in [-0.2, 0) is 14.3 Å². The predicted molar refractivity (Wildman–Crippen MR) is 73.4 cm³/mol. The van der Waals surface area contributed by atoms with Gasteiger partial charge in [0.05, 0.1) is 17.8 Å². The lowest BCUT2D eigenvalue weighted by atomic mass is 10.1. The van der Waals surface area contributed by atoms with Crippen molar-refractivity contribution in [3.63, 3.8) is 0 Å². The van der Waals surface area contributed by atoms with Crippen molar-refractivity contribution in [1.82, 2.24) is 0 Å². The molecule has 7 heteroatoms. The summed E-state index contributed by atoms with van der Waals surface area (Å²) in [5.41, 5.74) is 0.551. The lowest BCUT2D eigenvalue weighted by Crippen LogP contribution is -2.37. The maximum absolute atomic E-state index is 11.8. The Morgan fingerprint density at radius 1 is 1.58 bits per heavy atom. The minimum atomic E-state index is -0.719. The zero-order valence-corrected chi connectivity index (χ0v) is 12.4. The van der Waals surface area contributed by atoms with Crippen molar-refractivity contribution in [2.75, 3.05) is 12.4 Å². The van der Waals surface area contributed by atoms with Gasteiger partial charge in [0.2, 0.25) is 0 Å². The van der Waals surface area contributed by atoms with E-state index in [0.717, 1.165) is 0 Å². The summed E-state index contributed by atoms with van der Waals surface area (Å²) in [5.74, 6) is -0.177. The quantitative estimate of drug-likeness (QED) is 0.853. The average Bonchev–Trinajstić information content (AvgIpc) is 2.38. The Bertz CT molecular complexity index is 535. The van der Waals surface area contributed by atoms with E-state index >= 15 is 0 Å². The van der Waals surface area contributed by atoms with Crippen molar-refractivity contribution in [1.29, 1.82) is 0 Å². The van der Waals surface area contributed by atoms with E-state index in [1.54, 1.807) is 12.1 Å². The Labute approximate surface area is 123 Å². The van der Waals surface area contributed by atoms with Gasteiger partial charge in [0.15, 0.2) is 6.10 Å². The Hall–Kier alpha value is -1.27. The summed E-state index contributed by atoms with van der Waals surface area (Å²) in [7, 11) is 1.30. The summed E-state index contributed by atoms with van der Waals surface area (Å²) >= 11 is 9.23. The molecule has 102 valence electrons. The number of benzene rings is 1. The van der Waals surface area contributed by atoms with E-state index in [2.05, 4.69) is 26.0 Å². The number of nitrogens with one attached hydrogen (secondary N) is 1. The molecule has 0 fully saturated rings. The maximum Gasteiger partial charge on any atom is 0.305 e. The first-order valence-corrected chi connectivity index (χ1v) is 6.71. The summed E-state index contributed by atoms with van der Waals surface area (Å²) < 4.78 is 10.7. The van der Waals surface area contributed by atoms with Gasteiger partial charge in [-0.25, -0.2) is 0 Å². The molecule has 0 saturated heterocycles. The third-order valence-corrected chi connectivity index (χ3v) is 3.88. The molecule has 1 atom stereocenters. The number of methoxy groups -OCH3 is 1. The highest BCUT2D eigenvalue weighted by Gasteiger charge is 2.28. The molecule has 0 saturated carbocycles. The zero-order chi connectivity index (χ0) is 14.0. The van der Waals surface area contributed by atoms with Gasteiger partial charge in [-0.2, -0.15) is 0 Å². The lowest BCUT2D eigenvalue weighted by Gasteiger charge is -2.26. The molecule has 1 heterocycles. The van der Waals surface area contributed by atoms with Gasteiger partial charge in [-0.3, -0.25) is 9.59 Å². The molecule has 0 aliphatic carbocycles. The van der Waals surface area contributed by atoms with Crippen LogP contribution in [0.5, 0.6) is 5.75 Å². The second-order valence-electron chi connectivity index (χ2n) is 3.97. The minimum absolute atomic E-state index is 0.119. The average molecular weight is 349 g/mol. The third-order valence-electron chi connectivity index (χ3n) is 2.68. The fourth-order valence-electron chi connectivity index (χ4n) is 1.68. The largest absolute Gasteiger partial charge is 0.478 e. The number of rotatable bonds is 3. The highest BCUT2D eigenvalue weighted by molar-refractivity contribution is 9.10. The highest BCUT2D eigenvalue weighted by atomic mass is 79.9. The number of amides is 1. The van der Waals surface area contributed by atoms with Gasteiger partial charge in [0, 0.05) is 23.4 Å². The normalized spacial score (nSPS) is 17.2. The highest BCUT2D eigenvalue weighted by Crippen LogP contribution is 2.37. The van der Waals surface area contributed by atoms with E-state index in [4.69, 9.17) is 16.3 Å². The van der Waals surface area contributed by atoms with Crippen molar-refractivity contribution in [3.8, 4) is 5.75 Å². The fourth-order valence-corrected chi connectivity index (χ4v) is 2.18. The van der Waals surface area contributed by atoms with Gasteiger partial charge in [-0.05, 0) is 22.0 Å². The molecule has 1 amide bonds. The maximum atomic E-state index is 11.8. The number of hydrogen-bond donors (Lipinski definition) is 1. The van der Waals surface area contributed by atoms with Gasteiger partial charge in [-0.15, -0.1) is 0 Å². The lowest BCUT2D eigenvalue weighted by molar-refractivity contribution is -0.141. The molecular formula is C12H11BrClNO4. The summed E-state index contributed by atoms with van der Waals surface area (Å²) in [6.45, 7) is 0. The molecule has 1 aliphatic heterocycles. The van der Waals surface area contributed by atoms with E-state index in [0.29, 0.717) is 20.9 Å². The second-order valence-corrected chi connectivity index (χ2v) is 5.23. The van der Waals surface area contributed by atoms with Crippen molar-refractivity contribution in [2.45, 2.75) is 18.9 Å². The molecule has 5 nitrogen and oxygen atoms in total. The van der Waals surface area contributed by atoms with Crippen molar-refractivity contribution >= 4 is 45.1 Å². The van der Waals surface area contributed by atoms with Crippen molar-refractivity contribution in [3.05, 3.63) is 21.6 Å². The Morgan fingerprint density at radius 2 is 2.32 bits per heavy atom. The van der Waals surface area contributed by atoms with Gasteiger partial charge < -0.3 is 14.8 Å². The molecule has 2 rings (SSSR count). The molecular weight excluding hydrogens is 337 g/mol. The third kappa shape index (κ3) is 3.19. The molecule has 1 aromatic carbocycles. The van der Waals surface area contributed by atoms with Crippen LogP contribution in [0.15, 0.2) is 16.6 Å². The smallest absolute Gasteiger partial charge is 0.305 e. The van der Waals surface area contributed by atoms with Crippen LogP contribution < -0.4 is 10.1 Å². The number of ether oxygens (including phenoxy) is 2. The molecule has 19 heavy (non-hydrogen) atoms. The van der Waals surface area contributed by atoms with Crippen LogP contribution in [0.25, 0.3) is 0 Å². The molecule has 0 spiro atoms. The minimum Gasteiger partial charge on any atom is -0.478 e. The zero-order valence-electron chi connectivity index (χ0n) is 10.0. The molecule has 0 aromatic heterocycles. The number of esters is 1. The molecule has 0 unspecified atom stereocenters. The van der Waals surface area contributed by atoms with E-state index in [-0.39, 0.29) is 24.7 Å². The summed E-state index contributed by atoms with van der Waals surface area (Å²) in [6.07, 6.45) is -0.344. The van der Waals surface area contributed by atoms with Gasteiger partial charge in [0.25, 0.3) is 5.91 Å². The van der Waals surface area contributed by atoms with Crippen LogP contribution >= 0.6 is 27.5 Å². The first-order chi connectivity index (χ1) is 9.01. The van der Waals surface area contributed by atoms with Gasteiger partial charge in [-0.1, -0.05) is 11.6 Å². The summed E-state index contributed by atoms with van der Waals surface area (Å²) in [4.78, 5) is 22.9. The standard InChI is InChI=1S/C12H11BrClNO4/c1-18-11(16)3-2-9-12(17)15-8-4-6(13)7(14)5-10(8)19-9/h4-5,9H,2-3H2,1H3,(H,15,17)/t9-/m0/s1. The Kier molecular flexibility index (Phi) is 4.31. The molecule has 0 bridgehead atoms. The fraction of sp³-hybridized carbons (Fsp3) is 0.333. The number of anilines is 1. The van der Waals surface area contributed by atoms with Crippen molar-refractivity contribution in [2.24, 2.45) is 0 Å². The van der Waals surface area contributed by atoms with E-state index < -0.39 is 6.10 Å². The predicted octanol–water partition coefficient (Wildman–Crippen LogP) is 2.76. The van der Waals surface area contributed by atoms with E-state index in [1.807, 2.05) is 0 Å². The van der Waals surface area contributed by atoms with Crippen LogP contribution in [0.1, 0.15) is 12.8 Å². The SMILES string of the molecule is COC(=O)CC[C@@H]1Oc2cc(Cl)c(Br)cc2NC1=O. The molecule has 1 N–H and O–H groups in total. The van der Waals surface area contributed by atoms with Gasteiger partial charge >= 0.3 is 5.97 Å². The van der Waals surface area contributed by atoms with Crippen LogP contribution in [0.2, 0.25) is 5.02 Å². The summed E-state index contributed by atoms with van der Waals surface area (Å²) in [5, 5.41) is 3.20. The van der Waals surface area contributed by atoms with E-state index in [9.17, 15) is 9.59 Å². The molecule has 0 radical (unpaired) electrons. The Balaban J connectivity index is 2.12. The van der Waals surface area contributed by atoms with Gasteiger partial charge in [0.1, 0.15) is 5.75 Å². The van der Waals surface area contributed by atoms with E-state index in [1.165, 1.54) is 7.11 Å². The second kappa shape index (κ2) is 5.79. The van der Waals surface area contributed by atoms with Crippen LogP contribution in [0, 0.1) is 0 Å². The molecule has 1 aromatic rings. The monoisotopic (exact) mass is 347 g/mol. The molecule has 1 aliphatic rings. The first-order valence-electron chi connectivity index (χ1n) is 5.54.